The number of nitro groups is 1. The average molecular weight is 369 g/mol. The van der Waals surface area contributed by atoms with Crippen LogP contribution >= 0.6 is 0 Å². The number of nitro benzene ring substituents is 1. The molecule has 1 unspecified atom stereocenters. The molecule has 0 heterocycles. The van der Waals surface area contributed by atoms with Gasteiger partial charge in [0, 0.05) is 12.7 Å². The zero-order valence-electron chi connectivity index (χ0n) is 15.3. The highest BCUT2D eigenvalue weighted by Crippen LogP contribution is 2.29. The molecular weight excluding hydrogens is 342 g/mol. The third kappa shape index (κ3) is 8.37. The lowest BCUT2D eigenvalue weighted by Crippen LogP contribution is -2.15. The Hall–Kier alpha value is -2.03. The molecule has 0 bridgehead atoms. The molecule has 0 aromatic heterocycles. The summed E-state index contributed by atoms with van der Waals surface area (Å²) in [5.41, 5.74) is 0.351. The van der Waals surface area contributed by atoms with Crippen LogP contribution in [0.15, 0.2) is 24.3 Å². The largest absolute Gasteiger partial charge is 0.457 e. The molecular formula is C18H27NO7. The summed E-state index contributed by atoms with van der Waals surface area (Å²) in [4.78, 5) is 22.6. The van der Waals surface area contributed by atoms with E-state index in [2.05, 4.69) is 0 Å². The second-order valence-electron chi connectivity index (χ2n) is 5.37. The van der Waals surface area contributed by atoms with Crippen LogP contribution in [0.25, 0.3) is 0 Å². The second kappa shape index (κ2) is 13.2. The van der Waals surface area contributed by atoms with Gasteiger partial charge in [-0.2, -0.15) is 0 Å². The highest BCUT2D eigenvalue weighted by atomic mass is 16.6. The molecule has 1 atom stereocenters. The van der Waals surface area contributed by atoms with Crippen molar-refractivity contribution in [2.24, 2.45) is 0 Å². The van der Waals surface area contributed by atoms with Crippen molar-refractivity contribution in [1.29, 1.82) is 0 Å². The van der Waals surface area contributed by atoms with Crippen LogP contribution in [0.4, 0.5) is 5.69 Å². The summed E-state index contributed by atoms with van der Waals surface area (Å²) in [5.74, 6) is -0.452. The Morgan fingerprint density at radius 2 is 1.65 bits per heavy atom. The number of hydrogen-bond donors (Lipinski definition) is 0. The Bertz CT molecular complexity index is 550. The van der Waals surface area contributed by atoms with Crippen molar-refractivity contribution >= 4 is 11.7 Å². The van der Waals surface area contributed by atoms with Crippen LogP contribution in [0.3, 0.4) is 0 Å². The van der Waals surface area contributed by atoms with Crippen LogP contribution in [-0.4, -0.2) is 50.5 Å². The maximum absolute atomic E-state index is 12.0. The maximum Gasteiger partial charge on any atom is 0.308 e. The van der Waals surface area contributed by atoms with E-state index >= 15 is 0 Å². The number of benzene rings is 1. The summed E-state index contributed by atoms with van der Waals surface area (Å²) < 4.78 is 21.1. The van der Waals surface area contributed by atoms with Crippen LogP contribution in [0, 0.1) is 10.1 Å². The fourth-order valence-electron chi connectivity index (χ4n) is 2.25. The number of rotatable bonds is 14. The molecule has 1 aromatic rings. The van der Waals surface area contributed by atoms with E-state index in [9.17, 15) is 14.9 Å². The lowest BCUT2D eigenvalue weighted by Gasteiger charge is -2.16. The fraction of sp³-hybridized carbons (Fsp3) is 0.611. The molecule has 26 heavy (non-hydrogen) atoms. The number of para-hydroxylation sites is 1. The average Bonchev–Trinajstić information content (AvgIpc) is 2.64. The Kier molecular flexibility index (Phi) is 11.2. The normalized spacial score (nSPS) is 11.9. The van der Waals surface area contributed by atoms with E-state index in [0.29, 0.717) is 45.0 Å². The van der Waals surface area contributed by atoms with Crippen molar-refractivity contribution in [1.82, 2.24) is 0 Å². The minimum Gasteiger partial charge on any atom is -0.457 e. The van der Waals surface area contributed by atoms with Gasteiger partial charge in [-0.15, -0.1) is 0 Å². The van der Waals surface area contributed by atoms with Crippen molar-refractivity contribution in [2.45, 2.75) is 32.8 Å². The molecule has 0 radical (unpaired) electrons. The molecule has 0 aliphatic heterocycles. The summed E-state index contributed by atoms with van der Waals surface area (Å²) in [5, 5.41) is 11.1. The van der Waals surface area contributed by atoms with Gasteiger partial charge in [0.1, 0.15) is 6.10 Å². The Morgan fingerprint density at radius 1 is 1.04 bits per heavy atom. The van der Waals surface area contributed by atoms with Crippen molar-refractivity contribution in [2.75, 3.05) is 39.6 Å². The fourth-order valence-corrected chi connectivity index (χ4v) is 2.25. The van der Waals surface area contributed by atoms with E-state index in [-0.39, 0.29) is 18.7 Å². The summed E-state index contributed by atoms with van der Waals surface area (Å²) in [6, 6.07) is 6.28. The molecule has 146 valence electrons. The van der Waals surface area contributed by atoms with Gasteiger partial charge in [0.05, 0.1) is 49.9 Å². The zero-order chi connectivity index (χ0) is 19.2. The Balaban J connectivity index is 2.30. The molecule has 1 rings (SSSR count). The molecule has 0 aliphatic carbocycles. The van der Waals surface area contributed by atoms with Crippen molar-refractivity contribution < 1.29 is 28.7 Å². The quantitative estimate of drug-likeness (QED) is 0.215. The summed E-state index contributed by atoms with van der Waals surface area (Å²) in [6.45, 7) is 6.46. The van der Waals surface area contributed by atoms with Crippen LogP contribution in [0.5, 0.6) is 0 Å². The van der Waals surface area contributed by atoms with E-state index in [1.54, 1.807) is 18.2 Å². The van der Waals surface area contributed by atoms with Gasteiger partial charge in [0.15, 0.2) is 0 Å². The van der Waals surface area contributed by atoms with Gasteiger partial charge in [-0.05, 0) is 19.4 Å². The molecule has 8 nitrogen and oxygen atoms in total. The van der Waals surface area contributed by atoms with Gasteiger partial charge < -0.3 is 18.9 Å². The highest BCUT2D eigenvalue weighted by Gasteiger charge is 2.23. The van der Waals surface area contributed by atoms with Gasteiger partial charge in [-0.25, -0.2) is 0 Å². The van der Waals surface area contributed by atoms with Gasteiger partial charge in [0.2, 0.25) is 0 Å². The van der Waals surface area contributed by atoms with E-state index in [4.69, 9.17) is 18.9 Å². The monoisotopic (exact) mass is 369 g/mol. The first-order valence-electron chi connectivity index (χ1n) is 8.76. The predicted molar refractivity (Wildman–Crippen MR) is 95.0 cm³/mol. The Morgan fingerprint density at radius 3 is 2.27 bits per heavy atom. The molecule has 8 heteroatoms. The summed E-state index contributed by atoms with van der Waals surface area (Å²) >= 11 is 0. The van der Waals surface area contributed by atoms with Gasteiger partial charge in [-0.1, -0.05) is 19.1 Å². The molecule has 0 saturated heterocycles. The molecule has 0 aliphatic rings. The van der Waals surface area contributed by atoms with Gasteiger partial charge in [-0.3, -0.25) is 14.9 Å². The second-order valence-corrected chi connectivity index (χ2v) is 5.37. The highest BCUT2D eigenvalue weighted by molar-refractivity contribution is 5.70. The number of carbonyl (C=O) groups excluding carboxylic acids is 1. The minimum atomic E-state index is -0.647. The predicted octanol–water partition coefficient (Wildman–Crippen LogP) is 3.05. The Labute approximate surface area is 153 Å². The molecule has 1 aromatic carbocycles. The molecule has 0 amide bonds. The number of ether oxygens (including phenoxy) is 4. The zero-order valence-corrected chi connectivity index (χ0v) is 15.3. The standard InChI is InChI=1S/C18H27NO7/c1-3-17(15-7-5-6-8-16(15)19(21)22)26-18(20)9-10-24-13-14-25-12-11-23-4-2/h5-8,17H,3-4,9-14H2,1-2H3. The third-order valence-corrected chi connectivity index (χ3v) is 3.52. The number of carbonyl (C=O) groups is 1. The van der Waals surface area contributed by atoms with Crippen LogP contribution in [0.1, 0.15) is 38.4 Å². The first-order valence-corrected chi connectivity index (χ1v) is 8.76. The van der Waals surface area contributed by atoms with Crippen molar-refractivity contribution in [3.63, 3.8) is 0 Å². The molecule has 0 fully saturated rings. The van der Waals surface area contributed by atoms with E-state index in [0.717, 1.165) is 0 Å². The van der Waals surface area contributed by atoms with Crippen molar-refractivity contribution in [3.05, 3.63) is 39.9 Å². The van der Waals surface area contributed by atoms with Gasteiger partial charge in [0.25, 0.3) is 5.69 Å². The number of esters is 1. The van der Waals surface area contributed by atoms with E-state index in [1.165, 1.54) is 6.07 Å². The van der Waals surface area contributed by atoms with Crippen molar-refractivity contribution in [3.8, 4) is 0 Å². The third-order valence-electron chi connectivity index (χ3n) is 3.52. The van der Waals surface area contributed by atoms with E-state index in [1.807, 2.05) is 13.8 Å². The SMILES string of the molecule is CCOCCOCCOCCC(=O)OC(CC)c1ccccc1[N+](=O)[O-]. The molecule has 0 spiro atoms. The van der Waals surface area contributed by atoms with E-state index < -0.39 is 17.0 Å². The van der Waals surface area contributed by atoms with Crippen LogP contribution < -0.4 is 0 Å². The summed E-state index contributed by atoms with van der Waals surface area (Å²) in [7, 11) is 0. The first-order chi connectivity index (χ1) is 12.6. The van der Waals surface area contributed by atoms with Crippen LogP contribution in [0.2, 0.25) is 0 Å². The molecule has 0 saturated carbocycles. The number of hydrogen-bond acceptors (Lipinski definition) is 7. The minimum absolute atomic E-state index is 0.0485. The summed E-state index contributed by atoms with van der Waals surface area (Å²) in [6.07, 6.45) is -0.118. The number of nitrogens with zero attached hydrogens (tertiary/aromatic N) is 1. The smallest absolute Gasteiger partial charge is 0.308 e. The van der Waals surface area contributed by atoms with Crippen LogP contribution in [-0.2, 0) is 23.7 Å². The molecule has 0 N–H and O–H groups in total. The van der Waals surface area contributed by atoms with Gasteiger partial charge >= 0.3 is 5.97 Å². The lowest BCUT2D eigenvalue weighted by atomic mass is 10.1. The topological polar surface area (TPSA) is 97.1 Å². The maximum atomic E-state index is 12.0. The lowest BCUT2D eigenvalue weighted by molar-refractivity contribution is -0.386. The first kappa shape index (κ1) is 22.0.